The fourth-order valence-corrected chi connectivity index (χ4v) is 5.92. The lowest BCUT2D eigenvalue weighted by atomic mass is 9.83. The normalized spacial score (nSPS) is 37.3. The molecule has 0 spiro atoms. The van der Waals surface area contributed by atoms with Crippen LogP contribution in [0.4, 0.5) is 0 Å². The van der Waals surface area contributed by atoms with Crippen LogP contribution in [-0.2, 0) is 24.2 Å². The van der Waals surface area contributed by atoms with Crippen LogP contribution in [0.1, 0.15) is 25.7 Å². The molecule has 3 rings (SSSR count). The summed E-state index contributed by atoms with van der Waals surface area (Å²) in [4.78, 5) is 4.70. The molecule has 4 atom stereocenters. The zero-order valence-corrected chi connectivity index (χ0v) is 16.7. The van der Waals surface area contributed by atoms with Crippen LogP contribution in [-0.4, -0.2) is 58.7 Å². The van der Waals surface area contributed by atoms with E-state index in [1.165, 1.54) is 7.11 Å². The van der Waals surface area contributed by atoms with E-state index >= 15 is 0 Å². The van der Waals surface area contributed by atoms with E-state index in [4.69, 9.17) is 19.3 Å². The number of ether oxygens (including phenoxy) is 3. The summed E-state index contributed by atoms with van der Waals surface area (Å²) >= 11 is 3.55. The number of rotatable bonds is 4. The summed E-state index contributed by atoms with van der Waals surface area (Å²) in [7, 11) is -2.44. The Kier molecular flexibility index (Phi) is 6.02. The molecule has 4 unspecified atom stereocenters. The summed E-state index contributed by atoms with van der Waals surface area (Å²) in [5.41, 5.74) is 0.628. The second-order valence-electron chi connectivity index (χ2n) is 6.79. The third-order valence-electron chi connectivity index (χ3n) is 5.12. The van der Waals surface area contributed by atoms with Gasteiger partial charge in [0.1, 0.15) is 0 Å². The summed E-state index contributed by atoms with van der Waals surface area (Å²) in [6.45, 7) is 2.32. The van der Waals surface area contributed by atoms with Gasteiger partial charge in [0, 0.05) is 43.9 Å². The van der Waals surface area contributed by atoms with Crippen molar-refractivity contribution in [2.45, 2.75) is 36.2 Å². The average Bonchev–Trinajstić information content (AvgIpc) is 2.62. The number of primary sulfonamides is 1. The number of halogens is 1. The van der Waals surface area contributed by atoms with E-state index in [2.05, 4.69) is 20.9 Å². The minimum absolute atomic E-state index is 0.00765. The number of sulfonamides is 1. The third kappa shape index (κ3) is 4.01. The Morgan fingerprint density at radius 2 is 1.96 bits per heavy atom. The maximum absolute atomic E-state index is 12.6. The molecule has 3 aliphatic rings. The zero-order valence-electron chi connectivity index (χ0n) is 14.3. The Balaban J connectivity index is 2.11. The molecule has 9 heteroatoms. The number of methoxy groups -OCH3 is 1. The molecular formula is C16H25BrN2O5S. The number of alkyl halides is 1. The second-order valence-corrected chi connectivity index (χ2v) is 9.49. The molecule has 0 aliphatic carbocycles. The topological polar surface area (TPSA) is 100 Å². The standard InChI is InChI=1S/C16H25BrN2O5S/c1-22-16(17)10-19-14(12-5-3-7-24-9-12)15(25(18,20)21)13(16)11-4-2-6-23-8-11/h10-12,14H,2-9H2,1H3,(H2,18,20,21). The minimum atomic E-state index is -3.96. The summed E-state index contributed by atoms with van der Waals surface area (Å²) in [5, 5.41) is 5.66. The van der Waals surface area contributed by atoms with Gasteiger partial charge >= 0.3 is 0 Å². The van der Waals surface area contributed by atoms with E-state index in [0.29, 0.717) is 32.0 Å². The fraction of sp³-hybridized carbons (Fsp3) is 0.812. The molecule has 7 nitrogen and oxygen atoms in total. The molecule has 3 aliphatic heterocycles. The predicted octanol–water partition coefficient (Wildman–Crippen LogP) is 1.57. The van der Waals surface area contributed by atoms with Gasteiger partial charge in [0.25, 0.3) is 0 Å². The molecule has 0 aromatic carbocycles. The lowest BCUT2D eigenvalue weighted by molar-refractivity contribution is 0.0445. The Labute approximate surface area is 157 Å². The quantitative estimate of drug-likeness (QED) is 0.673. The summed E-state index contributed by atoms with van der Waals surface area (Å²) in [5.74, 6) is -0.0908. The zero-order chi connectivity index (χ0) is 18.1. The highest BCUT2D eigenvalue weighted by Crippen LogP contribution is 2.44. The molecule has 25 heavy (non-hydrogen) atoms. The van der Waals surface area contributed by atoms with E-state index in [9.17, 15) is 8.42 Å². The van der Waals surface area contributed by atoms with Crippen LogP contribution in [0.5, 0.6) is 0 Å². The van der Waals surface area contributed by atoms with Crippen LogP contribution in [0.3, 0.4) is 0 Å². The monoisotopic (exact) mass is 436 g/mol. The van der Waals surface area contributed by atoms with Gasteiger partial charge in [-0.3, -0.25) is 4.99 Å². The molecule has 0 aromatic rings. The molecular weight excluding hydrogens is 412 g/mol. The summed E-state index contributed by atoms with van der Waals surface area (Å²) < 4.78 is 40.9. The first kappa shape index (κ1) is 19.4. The van der Waals surface area contributed by atoms with Crippen molar-refractivity contribution in [1.29, 1.82) is 0 Å². The van der Waals surface area contributed by atoms with Crippen LogP contribution < -0.4 is 5.14 Å². The van der Waals surface area contributed by atoms with Gasteiger partial charge in [-0.05, 0) is 41.6 Å². The van der Waals surface area contributed by atoms with Crippen LogP contribution in [0.25, 0.3) is 0 Å². The van der Waals surface area contributed by atoms with Crippen molar-refractivity contribution >= 4 is 32.2 Å². The number of nitrogens with two attached hydrogens (primary N) is 1. The van der Waals surface area contributed by atoms with Crippen molar-refractivity contribution in [3.8, 4) is 0 Å². The molecule has 0 aromatic heterocycles. The second kappa shape index (κ2) is 7.74. The van der Waals surface area contributed by atoms with E-state index in [0.717, 1.165) is 25.7 Å². The van der Waals surface area contributed by atoms with Gasteiger partial charge in [-0.15, -0.1) is 0 Å². The van der Waals surface area contributed by atoms with E-state index in [-0.39, 0.29) is 16.7 Å². The number of dihydropyridines is 1. The number of hydrogen-bond acceptors (Lipinski definition) is 6. The largest absolute Gasteiger partial charge is 0.381 e. The van der Waals surface area contributed by atoms with Crippen molar-refractivity contribution in [2.75, 3.05) is 33.5 Å². The Morgan fingerprint density at radius 3 is 2.48 bits per heavy atom. The van der Waals surface area contributed by atoms with Gasteiger partial charge < -0.3 is 14.2 Å². The van der Waals surface area contributed by atoms with Crippen molar-refractivity contribution in [1.82, 2.24) is 0 Å². The maximum atomic E-state index is 12.6. The van der Waals surface area contributed by atoms with Crippen LogP contribution in [0.15, 0.2) is 15.5 Å². The SMILES string of the molecule is COC1(Br)C=NC(C2CCCOC2)C(S(N)(=O)=O)=C1C1CCCOC1. The fourth-order valence-electron chi connectivity index (χ4n) is 3.92. The molecule has 2 fully saturated rings. The van der Waals surface area contributed by atoms with E-state index < -0.39 is 20.6 Å². The molecule has 0 saturated carbocycles. The van der Waals surface area contributed by atoms with Gasteiger partial charge in [0.2, 0.25) is 10.0 Å². The van der Waals surface area contributed by atoms with Crippen molar-refractivity contribution in [3.05, 3.63) is 10.5 Å². The Morgan fingerprint density at radius 1 is 1.28 bits per heavy atom. The highest BCUT2D eigenvalue weighted by molar-refractivity contribution is 9.10. The first-order chi connectivity index (χ1) is 11.9. The molecule has 0 bridgehead atoms. The van der Waals surface area contributed by atoms with Gasteiger partial charge in [0.05, 0.1) is 24.2 Å². The lowest BCUT2D eigenvalue weighted by Gasteiger charge is -2.40. The first-order valence-corrected chi connectivity index (χ1v) is 10.9. The highest BCUT2D eigenvalue weighted by Gasteiger charge is 2.47. The smallest absolute Gasteiger partial charge is 0.236 e. The molecule has 142 valence electrons. The van der Waals surface area contributed by atoms with E-state index in [1.807, 2.05) is 0 Å². The Hall–Kier alpha value is -0.320. The predicted molar refractivity (Wildman–Crippen MR) is 98.2 cm³/mol. The third-order valence-corrected chi connectivity index (χ3v) is 7.15. The van der Waals surface area contributed by atoms with Gasteiger partial charge in [0.15, 0.2) is 4.51 Å². The Bertz CT molecular complexity index is 653. The van der Waals surface area contributed by atoms with Crippen molar-refractivity contribution < 1.29 is 22.6 Å². The molecule has 3 heterocycles. The van der Waals surface area contributed by atoms with Crippen LogP contribution in [0, 0.1) is 11.8 Å². The molecule has 2 N–H and O–H groups in total. The maximum Gasteiger partial charge on any atom is 0.236 e. The summed E-state index contributed by atoms with van der Waals surface area (Å²) in [6, 6.07) is -0.534. The first-order valence-electron chi connectivity index (χ1n) is 8.58. The van der Waals surface area contributed by atoms with E-state index in [1.54, 1.807) is 6.21 Å². The average molecular weight is 437 g/mol. The molecule has 0 amide bonds. The van der Waals surface area contributed by atoms with Gasteiger partial charge in [-0.25, -0.2) is 13.6 Å². The number of nitrogens with zero attached hydrogens (tertiary/aromatic N) is 1. The number of aliphatic imine (C=N–C) groups is 1. The van der Waals surface area contributed by atoms with Crippen molar-refractivity contribution in [2.24, 2.45) is 22.0 Å². The minimum Gasteiger partial charge on any atom is -0.381 e. The molecule has 0 radical (unpaired) electrons. The highest BCUT2D eigenvalue weighted by atomic mass is 79.9. The number of hydrogen-bond donors (Lipinski definition) is 1. The van der Waals surface area contributed by atoms with Crippen molar-refractivity contribution in [3.63, 3.8) is 0 Å². The van der Waals surface area contributed by atoms with Gasteiger partial charge in [-0.2, -0.15) is 0 Å². The van der Waals surface area contributed by atoms with Gasteiger partial charge in [-0.1, -0.05) is 0 Å². The van der Waals surface area contributed by atoms with Crippen LogP contribution >= 0.6 is 15.9 Å². The summed E-state index contributed by atoms with van der Waals surface area (Å²) in [6.07, 6.45) is 5.10. The molecule has 2 saturated heterocycles. The van der Waals surface area contributed by atoms with Crippen LogP contribution in [0.2, 0.25) is 0 Å². The lowest BCUT2D eigenvalue weighted by Crippen LogP contribution is -2.46.